The second-order valence-electron chi connectivity index (χ2n) is 6.18. The van der Waals surface area contributed by atoms with Gasteiger partial charge in [0.1, 0.15) is 6.04 Å². The Balaban J connectivity index is 1.64. The lowest BCUT2D eigenvalue weighted by Crippen LogP contribution is -2.87. The molecule has 0 bridgehead atoms. The zero-order valence-electron chi connectivity index (χ0n) is 14.6. The summed E-state index contributed by atoms with van der Waals surface area (Å²) in [6.07, 6.45) is 0. The summed E-state index contributed by atoms with van der Waals surface area (Å²) >= 11 is 7.90. The van der Waals surface area contributed by atoms with Crippen LogP contribution in [0.2, 0.25) is 5.02 Å². The molecule has 0 unspecified atom stereocenters. The van der Waals surface area contributed by atoms with Crippen molar-refractivity contribution in [2.45, 2.75) is 19.0 Å². The number of hydrogen-bond donors (Lipinski definition) is 2. The van der Waals surface area contributed by atoms with Gasteiger partial charge < -0.3 is 10.6 Å². The van der Waals surface area contributed by atoms with Crippen LogP contribution in [-0.2, 0) is 4.79 Å². The lowest BCUT2D eigenvalue weighted by atomic mass is 10.1. The summed E-state index contributed by atoms with van der Waals surface area (Å²) in [5.41, 5.74) is 2.13. The van der Waals surface area contributed by atoms with Gasteiger partial charge in [-0.05, 0) is 30.0 Å². The predicted octanol–water partition coefficient (Wildman–Crippen LogP) is 3.93. The number of nitrogens with two attached hydrogens (primary N) is 1. The van der Waals surface area contributed by atoms with Crippen molar-refractivity contribution in [1.29, 1.82) is 0 Å². The van der Waals surface area contributed by atoms with Gasteiger partial charge in [-0.3, -0.25) is 4.79 Å². The fourth-order valence-corrected chi connectivity index (χ4v) is 4.01. The minimum atomic E-state index is -0.118. The van der Waals surface area contributed by atoms with Crippen LogP contribution in [0.4, 0.5) is 0 Å². The molecular weight excluding hydrogens is 364 g/mol. The topological polar surface area (TPSA) is 45.7 Å². The van der Waals surface area contributed by atoms with E-state index in [2.05, 4.69) is 18.3 Å². The zero-order chi connectivity index (χ0) is 18.4. The molecule has 134 valence electrons. The highest BCUT2D eigenvalue weighted by molar-refractivity contribution is 7.10. The van der Waals surface area contributed by atoms with E-state index < -0.39 is 0 Å². The molecule has 3 aromatic rings. The van der Waals surface area contributed by atoms with Crippen LogP contribution in [0.15, 0.2) is 72.1 Å². The minimum Gasteiger partial charge on any atom is -0.339 e. The molecule has 1 aromatic heterocycles. The second kappa shape index (κ2) is 8.99. The maximum absolute atomic E-state index is 12.6. The monoisotopic (exact) mass is 385 g/mol. The van der Waals surface area contributed by atoms with Gasteiger partial charge in [0.05, 0.1) is 6.04 Å². The smallest absolute Gasteiger partial charge is 0.275 e. The molecule has 0 fully saturated rings. The largest absolute Gasteiger partial charge is 0.339 e. The standard InChI is InChI=1S/C21H21ClN2OS/c1-15(17-10-5-6-11-18(17)22)23-14-20(25)24-21(19-12-7-13-26-19)16-8-3-2-4-9-16/h2-13,15,21,23H,14H2,1H3,(H,24,25)/p+1/t15-,21-/m1/s1. The maximum atomic E-state index is 12.6. The second-order valence-corrected chi connectivity index (χ2v) is 7.56. The first-order chi connectivity index (χ1) is 12.6. The van der Waals surface area contributed by atoms with Crippen molar-refractivity contribution in [3.8, 4) is 0 Å². The molecule has 3 nitrogen and oxygen atoms in total. The van der Waals surface area contributed by atoms with Gasteiger partial charge in [0.25, 0.3) is 5.91 Å². The SMILES string of the molecule is C[C@@H]([NH2+]CC(=O)N[C@H](c1ccccc1)c1cccs1)c1ccccc1Cl. The van der Waals surface area contributed by atoms with Gasteiger partial charge >= 0.3 is 0 Å². The van der Waals surface area contributed by atoms with E-state index >= 15 is 0 Å². The van der Waals surface area contributed by atoms with Gasteiger partial charge in [0.2, 0.25) is 0 Å². The Bertz CT molecular complexity index is 836. The molecule has 0 spiro atoms. The third-order valence-electron chi connectivity index (χ3n) is 4.32. The van der Waals surface area contributed by atoms with Crippen molar-refractivity contribution in [3.63, 3.8) is 0 Å². The number of quaternary nitrogens is 1. The van der Waals surface area contributed by atoms with Gasteiger partial charge in [-0.25, -0.2) is 0 Å². The number of halogens is 1. The summed E-state index contributed by atoms with van der Waals surface area (Å²) in [5.74, 6) is 0.00570. The lowest BCUT2D eigenvalue weighted by Gasteiger charge is -2.18. The van der Waals surface area contributed by atoms with E-state index in [4.69, 9.17) is 11.6 Å². The van der Waals surface area contributed by atoms with E-state index in [-0.39, 0.29) is 18.0 Å². The van der Waals surface area contributed by atoms with Crippen LogP contribution in [0.1, 0.15) is 35.0 Å². The van der Waals surface area contributed by atoms with E-state index in [1.807, 2.05) is 71.4 Å². The molecular formula is C21H22ClN2OS+. The predicted molar refractivity (Wildman–Crippen MR) is 107 cm³/mol. The van der Waals surface area contributed by atoms with Crippen molar-refractivity contribution in [3.05, 3.63) is 93.1 Å². The molecule has 1 amide bonds. The van der Waals surface area contributed by atoms with Crippen molar-refractivity contribution in [1.82, 2.24) is 5.32 Å². The van der Waals surface area contributed by atoms with Crippen LogP contribution in [-0.4, -0.2) is 12.5 Å². The molecule has 3 rings (SSSR count). The summed E-state index contributed by atoms with van der Waals surface area (Å²) < 4.78 is 0. The van der Waals surface area contributed by atoms with E-state index in [0.29, 0.717) is 6.54 Å². The third kappa shape index (κ3) is 4.73. The number of carbonyl (C=O) groups excluding carboxylic acids is 1. The molecule has 0 aliphatic heterocycles. The summed E-state index contributed by atoms with van der Waals surface area (Å²) in [4.78, 5) is 13.7. The average molecular weight is 386 g/mol. The van der Waals surface area contributed by atoms with Gasteiger partial charge in [0, 0.05) is 15.5 Å². The fraction of sp³-hybridized carbons (Fsp3) is 0.190. The minimum absolute atomic E-state index is 0.00570. The van der Waals surface area contributed by atoms with E-state index in [0.717, 1.165) is 21.0 Å². The van der Waals surface area contributed by atoms with Crippen LogP contribution >= 0.6 is 22.9 Å². The summed E-state index contributed by atoms with van der Waals surface area (Å²) in [6, 6.07) is 21.9. The number of carbonyl (C=O) groups is 1. The number of nitrogens with one attached hydrogen (secondary N) is 1. The first kappa shape index (κ1) is 18.6. The average Bonchev–Trinajstić information content (AvgIpc) is 3.19. The Labute approximate surface area is 163 Å². The Morgan fingerprint density at radius 1 is 1.08 bits per heavy atom. The molecule has 3 N–H and O–H groups in total. The first-order valence-electron chi connectivity index (χ1n) is 8.60. The summed E-state index contributed by atoms with van der Waals surface area (Å²) in [7, 11) is 0. The normalized spacial score (nSPS) is 13.2. The van der Waals surface area contributed by atoms with Crippen LogP contribution < -0.4 is 10.6 Å². The molecule has 0 radical (unpaired) electrons. The van der Waals surface area contributed by atoms with Crippen molar-refractivity contribution >= 4 is 28.8 Å². The summed E-state index contributed by atoms with van der Waals surface area (Å²) in [6.45, 7) is 2.41. The van der Waals surface area contributed by atoms with Gasteiger partial charge in [-0.15, -0.1) is 11.3 Å². The Morgan fingerprint density at radius 3 is 2.50 bits per heavy atom. The molecule has 0 saturated heterocycles. The maximum Gasteiger partial charge on any atom is 0.275 e. The number of hydrogen-bond acceptors (Lipinski definition) is 2. The molecule has 2 aromatic carbocycles. The molecule has 5 heteroatoms. The van der Waals surface area contributed by atoms with Crippen molar-refractivity contribution < 1.29 is 10.1 Å². The fourth-order valence-electron chi connectivity index (χ4n) is 2.89. The molecule has 26 heavy (non-hydrogen) atoms. The zero-order valence-corrected chi connectivity index (χ0v) is 16.1. The van der Waals surface area contributed by atoms with Gasteiger partial charge in [-0.2, -0.15) is 0 Å². The third-order valence-corrected chi connectivity index (χ3v) is 5.60. The van der Waals surface area contributed by atoms with Crippen LogP contribution in [0.5, 0.6) is 0 Å². The van der Waals surface area contributed by atoms with Crippen LogP contribution in [0, 0.1) is 0 Å². The number of benzene rings is 2. The molecule has 0 aliphatic carbocycles. The number of rotatable bonds is 7. The molecule has 1 heterocycles. The van der Waals surface area contributed by atoms with Crippen molar-refractivity contribution in [2.24, 2.45) is 0 Å². The lowest BCUT2D eigenvalue weighted by molar-refractivity contribution is -0.682. The van der Waals surface area contributed by atoms with Crippen molar-refractivity contribution in [2.75, 3.05) is 6.54 Å². The quantitative estimate of drug-likeness (QED) is 0.636. The molecule has 0 aliphatic rings. The van der Waals surface area contributed by atoms with Gasteiger partial charge in [-0.1, -0.05) is 66.2 Å². The first-order valence-corrected chi connectivity index (χ1v) is 9.86. The summed E-state index contributed by atoms with van der Waals surface area (Å²) in [5, 5.41) is 7.94. The van der Waals surface area contributed by atoms with E-state index in [9.17, 15) is 4.79 Å². The highest BCUT2D eigenvalue weighted by Crippen LogP contribution is 2.25. The molecule has 2 atom stereocenters. The van der Waals surface area contributed by atoms with Gasteiger partial charge in [0.15, 0.2) is 6.54 Å². The van der Waals surface area contributed by atoms with E-state index in [1.54, 1.807) is 11.3 Å². The Hall–Kier alpha value is -2.14. The number of thiophene rings is 1. The Morgan fingerprint density at radius 2 is 1.81 bits per heavy atom. The van der Waals surface area contributed by atoms with Crippen LogP contribution in [0.3, 0.4) is 0 Å². The molecule has 0 saturated carbocycles. The van der Waals surface area contributed by atoms with Crippen LogP contribution in [0.25, 0.3) is 0 Å². The highest BCUT2D eigenvalue weighted by Gasteiger charge is 2.20. The number of amides is 1. The highest BCUT2D eigenvalue weighted by atomic mass is 35.5. The van der Waals surface area contributed by atoms with E-state index in [1.165, 1.54) is 0 Å². The Kier molecular flexibility index (Phi) is 6.45.